The van der Waals surface area contributed by atoms with Gasteiger partial charge in [-0.05, 0) is 85.2 Å². The number of anilines is 1. The molecule has 1 atom stereocenters. The molecule has 1 amide bonds. The molecular weight excluding hydrogens is 448 g/mol. The van der Waals surface area contributed by atoms with E-state index >= 15 is 0 Å². The smallest absolute Gasteiger partial charge is 0.235 e. The van der Waals surface area contributed by atoms with Gasteiger partial charge in [-0.2, -0.15) is 0 Å². The molecule has 0 spiro atoms. The first-order chi connectivity index (χ1) is 16.3. The predicted octanol–water partition coefficient (Wildman–Crippen LogP) is 4.80. The predicted molar refractivity (Wildman–Crippen MR) is 139 cm³/mol. The molecule has 3 aromatic rings. The zero-order chi connectivity index (χ0) is 24.7. The highest BCUT2D eigenvalue weighted by molar-refractivity contribution is 7.78. The first-order valence-electron chi connectivity index (χ1n) is 11.1. The van der Waals surface area contributed by atoms with Crippen molar-refractivity contribution >= 4 is 22.7 Å². The van der Waals surface area contributed by atoms with Gasteiger partial charge in [-0.15, -0.1) is 0 Å². The third-order valence-corrected chi connectivity index (χ3v) is 5.97. The van der Waals surface area contributed by atoms with Crippen molar-refractivity contribution in [3.05, 3.63) is 83.4 Å². The van der Waals surface area contributed by atoms with Gasteiger partial charge in [0.15, 0.2) is 0 Å². The highest BCUT2D eigenvalue weighted by Gasteiger charge is 2.51. The number of ether oxygens (including phenoxy) is 1. The van der Waals surface area contributed by atoms with Crippen molar-refractivity contribution in [2.45, 2.75) is 31.7 Å². The number of nitrogens with one attached hydrogen (secondary N) is 2. The number of rotatable bonds is 7. The van der Waals surface area contributed by atoms with Crippen LogP contribution in [0.25, 0.3) is 11.1 Å². The summed E-state index contributed by atoms with van der Waals surface area (Å²) in [5.41, 5.74) is 6.18. The third-order valence-electron chi connectivity index (χ3n) is 5.97. The summed E-state index contributed by atoms with van der Waals surface area (Å²) >= 11 is -1.86. The molecule has 7 heteroatoms. The summed E-state index contributed by atoms with van der Waals surface area (Å²) in [5.74, 6) is 0.866. The van der Waals surface area contributed by atoms with Gasteiger partial charge in [-0.25, -0.2) is 0 Å². The van der Waals surface area contributed by atoms with Crippen molar-refractivity contribution in [2.75, 3.05) is 25.7 Å². The van der Waals surface area contributed by atoms with Crippen LogP contribution >= 0.6 is 0 Å². The van der Waals surface area contributed by atoms with Crippen LogP contribution in [0.1, 0.15) is 31.0 Å². The molecule has 6 nitrogen and oxygen atoms in total. The van der Waals surface area contributed by atoms with Crippen molar-refractivity contribution in [3.8, 4) is 16.9 Å². The maximum absolute atomic E-state index is 13.2. The van der Waals surface area contributed by atoms with Gasteiger partial charge >= 0.3 is 0 Å². The van der Waals surface area contributed by atoms with Gasteiger partial charge < -0.3 is 19.9 Å². The normalized spacial score (nSPS) is 14.4. The molecule has 1 saturated carbocycles. The number of hydrogen-bond acceptors (Lipinski definition) is 5. The molecule has 4 rings (SSSR count). The number of methoxy groups -OCH3 is 1. The van der Waals surface area contributed by atoms with Crippen LogP contribution in [0.4, 0.5) is 5.69 Å². The van der Waals surface area contributed by atoms with E-state index < -0.39 is 16.5 Å². The lowest BCUT2D eigenvalue weighted by Crippen LogP contribution is -2.27. The molecule has 1 aliphatic carbocycles. The van der Waals surface area contributed by atoms with Crippen molar-refractivity contribution < 1.29 is 19.7 Å². The van der Waals surface area contributed by atoms with Gasteiger partial charge in [0.2, 0.25) is 5.91 Å². The number of amides is 1. The lowest BCUT2D eigenvalue weighted by molar-refractivity contribution is -0.118. The van der Waals surface area contributed by atoms with Gasteiger partial charge in [0, 0.05) is 13.7 Å². The lowest BCUT2D eigenvalue weighted by Gasteiger charge is -2.17. The van der Waals surface area contributed by atoms with Crippen molar-refractivity contribution in [1.82, 2.24) is 5.32 Å². The molecule has 2 N–H and O–H groups in total. The Kier molecular flexibility index (Phi) is 8.61. The first kappa shape index (κ1) is 25.6. The zero-order valence-corrected chi connectivity index (χ0v) is 20.8. The Labute approximate surface area is 205 Å². The molecule has 0 aromatic heterocycles. The van der Waals surface area contributed by atoms with Gasteiger partial charge in [0.05, 0.1) is 12.5 Å². The molecule has 0 radical (unpaired) electrons. The number of aryl methyl sites for hydroxylation is 1. The Morgan fingerprint density at radius 2 is 1.71 bits per heavy atom. The SMILES string of the molecule is CNCc1ccc(-c2cc(NC(=O)C3(c4ccc(OC)cc4)CC3)ccc2C)cc1.CS(=O)[O-].[HH]. The van der Waals surface area contributed by atoms with E-state index in [9.17, 15) is 4.79 Å². The van der Waals surface area contributed by atoms with Gasteiger partial charge in [0.25, 0.3) is 0 Å². The highest BCUT2D eigenvalue weighted by atomic mass is 32.2. The first-order valence-corrected chi connectivity index (χ1v) is 12.6. The summed E-state index contributed by atoms with van der Waals surface area (Å²) in [6, 6.07) is 22.5. The molecule has 0 heterocycles. The number of hydrogen-bond donors (Lipinski definition) is 2. The average molecular weight is 482 g/mol. The molecule has 0 aliphatic heterocycles. The maximum atomic E-state index is 13.2. The van der Waals surface area contributed by atoms with Crippen LogP contribution in [-0.4, -0.2) is 35.1 Å². The van der Waals surface area contributed by atoms with E-state index in [2.05, 4.69) is 54.0 Å². The molecule has 34 heavy (non-hydrogen) atoms. The Hall–Kier alpha value is -3.00. The molecule has 0 bridgehead atoms. The largest absolute Gasteiger partial charge is 0.773 e. The van der Waals surface area contributed by atoms with Crippen LogP contribution in [0.15, 0.2) is 66.7 Å². The van der Waals surface area contributed by atoms with Crippen LogP contribution in [0.2, 0.25) is 0 Å². The second-order valence-electron chi connectivity index (χ2n) is 8.42. The Bertz CT molecular complexity index is 1140. The zero-order valence-electron chi connectivity index (χ0n) is 20.0. The maximum Gasteiger partial charge on any atom is 0.235 e. The van der Waals surface area contributed by atoms with Crippen LogP contribution < -0.4 is 15.4 Å². The highest BCUT2D eigenvalue weighted by Crippen LogP contribution is 2.49. The summed E-state index contributed by atoms with van der Waals surface area (Å²) in [6.45, 7) is 2.95. The standard InChI is InChI=1S/C26H28N2O2.CH4O2S.H2/c1-18-4-11-22(16-24(18)20-7-5-19(6-8-20)17-27-2)28-25(29)26(14-15-26)21-9-12-23(30-3)13-10-21;1-4(2)3;/h4-13,16,27H,14-15,17H2,1-3H3,(H,28,29);1H3,(H,2,3);1H/p-1. The summed E-state index contributed by atoms with van der Waals surface area (Å²) in [4.78, 5) is 13.2. The molecule has 182 valence electrons. The topological polar surface area (TPSA) is 90.5 Å². The summed E-state index contributed by atoms with van der Waals surface area (Å²) < 4.78 is 23.2. The fourth-order valence-electron chi connectivity index (χ4n) is 3.95. The molecule has 1 aliphatic rings. The van der Waals surface area contributed by atoms with Crippen LogP contribution in [0, 0.1) is 6.92 Å². The van der Waals surface area contributed by atoms with Gasteiger partial charge in [-0.1, -0.05) is 53.5 Å². The molecule has 1 fully saturated rings. The van der Waals surface area contributed by atoms with E-state index in [0.29, 0.717) is 0 Å². The van der Waals surface area contributed by atoms with Gasteiger partial charge in [-0.3, -0.25) is 9.00 Å². The van der Waals surface area contributed by atoms with Crippen LogP contribution in [0.3, 0.4) is 0 Å². The molecule has 0 saturated heterocycles. The van der Waals surface area contributed by atoms with E-state index in [1.807, 2.05) is 37.4 Å². The van der Waals surface area contributed by atoms with E-state index in [-0.39, 0.29) is 7.33 Å². The quantitative estimate of drug-likeness (QED) is 0.473. The summed E-state index contributed by atoms with van der Waals surface area (Å²) in [7, 11) is 3.60. The Balaban J connectivity index is 0.000000804. The minimum absolute atomic E-state index is 0. The molecule has 1 unspecified atom stereocenters. The van der Waals surface area contributed by atoms with E-state index in [4.69, 9.17) is 13.5 Å². The van der Waals surface area contributed by atoms with Crippen molar-refractivity contribution in [1.29, 1.82) is 0 Å². The lowest BCUT2D eigenvalue weighted by atomic mass is 9.94. The fourth-order valence-corrected chi connectivity index (χ4v) is 3.95. The number of benzene rings is 3. The second kappa shape index (κ2) is 11.4. The Morgan fingerprint density at radius 3 is 2.24 bits per heavy atom. The fraction of sp³-hybridized carbons (Fsp3) is 0.296. The van der Waals surface area contributed by atoms with Crippen molar-refractivity contribution in [2.24, 2.45) is 0 Å². The molecular formula is C27H33N2O4S-. The Morgan fingerprint density at radius 1 is 1.09 bits per heavy atom. The number of carbonyl (C=O) groups excluding carboxylic acids is 1. The van der Waals surface area contributed by atoms with Gasteiger partial charge in [0.1, 0.15) is 5.75 Å². The average Bonchev–Trinajstić information content (AvgIpc) is 3.63. The minimum atomic E-state index is -1.86. The third kappa shape index (κ3) is 6.32. The second-order valence-corrected chi connectivity index (χ2v) is 9.23. The summed E-state index contributed by atoms with van der Waals surface area (Å²) in [6.07, 6.45) is 2.83. The monoisotopic (exact) mass is 481 g/mol. The van der Waals surface area contributed by atoms with E-state index in [1.165, 1.54) is 11.1 Å². The summed E-state index contributed by atoms with van der Waals surface area (Å²) in [5, 5.41) is 6.33. The van der Waals surface area contributed by atoms with E-state index in [0.717, 1.165) is 53.8 Å². The molecule has 3 aromatic carbocycles. The van der Waals surface area contributed by atoms with Crippen LogP contribution in [0.5, 0.6) is 5.75 Å². The van der Waals surface area contributed by atoms with Crippen LogP contribution in [-0.2, 0) is 27.8 Å². The number of carbonyl (C=O) groups is 1. The van der Waals surface area contributed by atoms with E-state index in [1.54, 1.807) is 7.11 Å². The minimum Gasteiger partial charge on any atom is -0.773 e. The van der Waals surface area contributed by atoms with Crippen molar-refractivity contribution in [3.63, 3.8) is 0 Å².